The summed E-state index contributed by atoms with van der Waals surface area (Å²) in [6, 6.07) is 6.48. The van der Waals surface area contributed by atoms with E-state index in [-0.39, 0.29) is 6.61 Å². The molecule has 0 aliphatic carbocycles. The number of para-hydroxylation sites is 1. The molecule has 0 radical (unpaired) electrons. The number of benzene rings is 1. The minimum atomic E-state index is 0.238. The normalized spacial score (nSPS) is 19.2. The highest BCUT2D eigenvalue weighted by Gasteiger charge is 2.19. The highest BCUT2D eigenvalue weighted by molar-refractivity contribution is 5.63. The Kier molecular flexibility index (Phi) is 3.11. The summed E-state index contributed by atoms with van der Waals surface area (Å²) in [4.78, 5) is 0. The molecule has 0 fully saturated rings. The number of aliphatic hydroxyl groups is 1. The van der Waals surface area contributed by atoms with E-state index in [1.165, 1.54) is 5.56 Å². The third kappa shape index (κ3) is 2.07. The molecule has 1 aliphatic heterocycles. The number of anilines is 1. The largest absolute Gasteiger partial charge is 0.495 e. The summed E-state index contributed by atoms with van der Waals surface area (Å²) in [6.45, 7) is 0.238. The van der Waals surface area contributed by atoms with Crippen LogP contribution in [0.2, 0.25) is 0 Å². The first-order valence-electron chi connectivity index (χ1n) is 5.38. The second-order valence-electron chi connectivity index (χ2n) is 3.89. The maximum Gasteiger partial charge on any atom is 0.142 e. The van der Waals surface area contributed by atoms with Gasteiger partial charge in [-0.05, 0) is 30.9 Å². The number of nitrogens with one attached hydrogen (secondary N) is 1. The first-order valence-corrected chi connectivity index (χ1v) is 5.38. The van der Waals surface area contributed by atoms with Gasteiger partial charge in [-0.2, -0.15) is 0 Å². The van der Waals surface area contributed by atoms with Crippen molar-refractivity contribution >= 4 is 5.69 Å². The van der Waals surface area contributed by atoms with E-state index in [1.54, 1.807) is 7.11 Å². The summed E-state index contributed by atoms with van der Waals surface area (Å²) in [5.74, 6) is 0.898. The molecule has 3 nitrogen and oxygen atoms in total. The van der Waals surface area contributed by atoms with Gasteiger partial charge in [0.05, 0.1) is 12.8 Å². The number of aliphatic hydroxyl groups excluding tert-OH is 1. The summed E-state index contributed by atoms with van der Waals surface area (Å²) in [5.41, 5.74) is 2.41. The van der Waals surface area contributed by atoms with Gasteiger partial charge in [-0.25, -0.2) is 0 Å². The average molecular weight is 207 g/mol. The number of rotatable bonds is 3. The zero-order valence-electron chi connectivity index (χ0n) is 8.99. The Bertz CT molecular complexity index is 324. The van der Waals surface area contributed by atoms with Gasteiger partial charge in [0.25, 0.3) is 0 Å². The molecule has 1 atom stereocenters. The van der Waals surface area contributed by atoms with Gasteiger partial charge in [0.1, 0.15) is 5.75 Å². The molecule has 0 amide bonds. The summed E-state index contributed by atoms with van der Waals surface area (Å²) >= 11 is 0. The highest BCUT2D eigenvalue weighted by Crippen LogP contribution is 2.34. The molecular formula is C12H17NO2. The van der Waals surface area contributed by atoms with Crippen LogP contribution >= 0.6 is 0 Å². The van der Waals surface area contributed by atoms with Crippen molar-refractivity contribution in [2.24, 2.45) is 0 Å². The van der Waals surface area contributed by atoms with Crippen LogP contribution in [-0.4, -0.2) is 24.9 Å². The number of ether oxygens (including phenoxy) is 1. The van der Waals surface area contributed by atoms with Crippen LogP contribution in [0.3, 0.4) is 0 Å². The summed E-state index contributed by atoms with van der Waals surface area (Å²) < 4.78 is 5.31. The third-order valence-electron chi connectivity index (χ3n) is 2.92. The molecule has 0 saturated heterocycles. The second kappa shape index (κ2) is 4.53. The summed E-state index contributed by atoms with van der Waals surface area (Å²) in [5, 5.41) is 12.4. The van der Waals surface area contributed by atoms with Crippen LogP contribution < -0.4 is 10.1 Å². The SMILES string of the molecule is COc1cccc2c1NC(CCO)CC2. The fourth-order valence-electron chi connectivity index (χ4n) is 2.10. The van der Waals surface area contributed by atoms with E-state index in [2.05, 4.69) is 11.4 Å². The van der Waals surface area contributed by atoms with E-state index in [0.717, 1.165) is 30.7 Å². The zero-order valence-corrected chi connectivity index (χ0v) is 8.99. The minimum Gasteiger partial charge on any atom is -0.495 e. The first kappa shape index (κ1) is 10.3. The van der Waals surface area contributed by atoms with Crippen molar-refractivity contribution < 1.29 is 9.84 Å². The molecule has 3 heteroatoms. The van der Waals surface area contributed by atoms with Gasteiger partial charge in [0.2, 0.25) is 0 Å². The lowest BCUT2D eigenvalue weighted by molar-refractivity contribution is 0.276. The number of fused-ring (bicyclic) bond motifs is 1. The molecule has 1 aliphatic rings. The Labute approximate surface area is 90.1 Å². The molecule has 0 spiro atoms. The molecule has 0 bridgehead atoms. The van der Waals surface area contributed by atoms with E-state index in [9.17, 15) is 0 Å². The fourth-order valence-corrected chi connectivity index (χ4v) is 2.10. The minimum absolute atomic E-state index is 0.238. The summed E-state index contributed by atoms with van der Waals surface area (Å²) in [6.07, 6.45) is 2.95. The zero-order chi connectivity index (χ0) is 10.7. The Hall–Kier alpha value is -1.22. The molecule has 15 heavy (non-hydrogen) atoms. The van der Waals surface area contributed by atoms with Crippen LogP contribution in [0.4, 0.5) is 5.69 Å². The van der Waals surface area contributed by atoms with E-state index in [4.69, 9.17) is 9.84 Å². The van der Waals surface area contributed by atoms with Gasteiger partial charge in [-0.3, -0.25) is 0 Å². The van der Waals surface area contributed by atoms with Gasteiger partial charge in [0, 0.05) is 12.6 Å². The lowest BCUT2D eigenvalue weighted by Crippen LogP contribution is -2.26. The Morgan fingerprint density at radius 1 is 1.53 bits per heavy atom. The fraction of sp³-hybridized carbons (Fsp3) is 0.500. The van der Waals surface area contributed by atoms with E-state index >= 15 is 0 Å². The van der Waals surface area contributed by atoms with E-state index < -0.39 is 0 Å². The van der Waals surface area contributed by atoms with Crippen LogP contribution in [-0.2, 0) is 6.42 Å². The van der Waals surface area contributed by atoms with Gasteiger partial charge in [0.15, 0.2) is 0 Å². The molecule has 2 N–H and O–H groups in total. The van der Waals surface area contributed by atoms with E-state index in [1.807, 2.05) is 12.1 Å². The standard InChI is InChI=1S/C12H17NO2/c1-15-11-4-2-3-9-5-6-10(7-8-14)13-12(9)11/h2-4,10,13-14H,5-8H2,1H3. The number of hydrogen-bond donors (Lipinski definition) is 2. The predicted octanol–water partition coefficient (Wildman–Crippen LogP) is 1.80. The molecule has 1 unspecified atom stereocenters. The molecule has 1 heterocycles. The van der Waals surface area contributed by atoms with Crippen LogP contribution in [0.15, 0.2) is 18.2 Å². The van der Waals surface area contributed by atoms with Crippen LogP contribution in [0.1, 0.15) is 18.4 Å². The quantitative estimate of drug-likeness (QED) is 0.794. The van der Waals surface area contributed by atoms with Crippen molar-refractivity contribution in [3.8, 4) is 5.75 Å². The van der Waals surface area contributed by atoms with Gasteiger partial charge in [-0.15, -0.1) is 0 Å². The van der Waals surface area contributed by atoms with Gasteiger partial charge < -0.3 is 15.2 Å². The molecular weight excluding hydrogens is 190 g/mol. The Balaban J connectivity index is 2.22. The van der Waals surface area contributed by atoms with E-state index in [0.29, 0.717) is 6.04 Å². The average Bonchev–Trinajstić information content (AvgIpc) is 2.28. The Morgan fingerprint density at radius 3 is 3.13 bits per heavy atom. The van der Waals surface area contributed by atoms with Crippen molar-refractivity contribution in [2.45, 2.75) is 25.3 Å². The van der Waals surface area contributed by atoms with Gasteiger partial charge >= 0.3 is 0 Å². The molecule has 1 aromatic rings. The van der Waals surface area contributed by atoms with Gasteiger partial charge in [-0.1, -0.05) is 12.1 Å². The lowest BCUT2D eigenvalue weighted by atomic mass is 9.96. The Morgan fingerprint density at radius 2 is 2.40 bits per heavy atom. The molecule has 82 valence electrons. The number of methoxy groups -OCH3 is 1. The number of hydrogen-bond acceptors (Lipinski definition) is 3. The van der Waals surface area contributed by atoms with Crippen molar-refractivity contribution in [3.63, 3.8) is 0 Å². The van der Waals surface area contributed by atoms with Crippen molar-refractivity contribution in [2.75, 3.05) is 19.0 Å². The second-order valence-corrected chi connectivity index (χ2v) is 3.89. The maximum atomic E-state index is 8.92. The van der Waals surface area contributed by atoms with Crippen LogP contribution in [0.5, 0.6) is 5.75 Å². The van der Waals surface area contributed by atoms with Crippen LogP contribution in [0, 0.1) is 0 Å². The monoisotopic (exact) mass is 207 g/mol. The summed E-state index contributed by atoms with van der Waals surface area (Å²) in [7, 11) is 1.69. The highest BCUT2D eigenvalue weighted by atomic mass is 16.5. The molecule has 2 rings (SSSR count). The predicted molar refractivity (Wildman–Crippen MR) is 60.4 cm³/mol. The lowest BCUT2D eigenvalue weighted by Gasteiger charge is -2.27. The van der Waals surface area contributed by atoms with Crippen molar-refractivity contribution in [1.82, 2.24) is 0 Å². The molecule has 1 aromatic carbocycles. The molecule has 0 saturated carbocycles. The maximum absolute atomic E-state index is 8.92. The molecule has 0 aromatic heterocycles. The smallest absolute Gasteiger partial charge is 0.142 e. The number of aryl methyl sites for hydroxylation is 1. The first-order chi connectivity index (χ1) is 7.35. The third-order valence-corrected chi connectivity index (χ3v) is 2.92. The topological polar surface area (TPSA) is 41.5 Å². The van der Waals surface area contributed by atoms with Crippen LogP contribution in [0.25, 0.3) is 0 Å². The van der Waals surface area contributed by atoms with Crippen molar-refractivity contribution in [1.29, 1.82) is 0 Å². The van der Waals surface area contributed by atoms with Crippen molar-refractivity contribution in [3.05, 3.63) is 23.8 Å².